The van der Waals surface area contributed by atoms with E-state index in [1.165, 1.54) is 0 Å². The number of nitrogens with one attached hydrogen (secondary N) is 1. The largest absolute Gasteiger partial charge is 0.484 e. The molecule has 0 aromatic heterocycles. The molecule has 0 atom stereocenters. The molecule has 0 fully saturated rings. The van der Waals surface area contributed by atoms with Gasteiger partial charge in [-0.3, -0.25) is 4.79 Å². The van der Waals surface area contributed by atoms with Crippen LogP contribution < -0.4 is 10.2 Å². The summed E-state index contributed by atoms with van der Waals surface area (Å²) in [4.78, 5) is 11.9. The standard InChI is InChI=1S/C24H22N2O2/c1-19(16-20-8-4-2-5-9-20)17-25-26-24(27)18-28-23-14-12-22(13-15-23)21-10-6-3-7-11-21/h2-17H,18H2,1H3,(H,26,27). The van der Waals surface area contributed by atoms with E-state index >= 15 is 0 Å². The Kier molecular flexibility index (Phi) is 6.74. The van der Waals surface area contributed by atoms with Gasteiger partial charge in [0, 0.05) is 0 Å². The molecule has 0 bridgehead atoms. The highest BCUT2D eigenvalue weighted by molar-refractivity contribution is 5.86. The summed E-state index contributed by atoms with van der Waals surface area (Å²) in [6, 6.07) is 27.7. The lowest BCUT2D eigenvalue weighted by Gasteiger charge is -2.06. The Morgan fingerprint density at radius 3 is 2.18 bits per heavy atom. The molecule has 3 aromatic rings. The fraction of sp³-hybridized carbons (Fsp3) is 0.0833. The van der Waals surface area contributed by atoms with Crippen molar-refractivity contribution >= 4 is 18.2 Å². The van der Waals surface area contributed by atoms with Crippen molar-refractivity contribution in [3.05, 3.63) is 96.1 Å². The van der Waals surface area contributed by atoms with Gasteiger partial charge in [0.25, 0.3) is 5.91 Å². The Hall–Kier alpha value is -3.66. The van der Waals surface area contributed by atoms with Crippen LogP contribution in [0.25, 0.3) is 17.2 Å². The first-order valence-electron chi connectivity index (χ1n) is 9.04. The summed E-state index contributed by atoms with van der Waals surface area (Å²) in [6.07, 6.45) is 3.60. The minimum absolute atomic E-state index is 0.0938. The number of hydrogen-bond acceptors (Lipinski definition) is 3. The molecule has 0 saturated heterocycles. The van der Waals surface area contributed by atoms with Crippen LogP contribution in [0.4, 0.5) is 0 Å². The second-order valence-electron chi connectivity index (χ2n) is 6.27. The van der Waals surface area contributed by atoms with E-state index in [-0.39, 0.29) is 12.5 Å². The van der Waals surface area contributed by atoms with Crippen molar-refractivity contribution in [1.82, 2.24) is 5.43 Å². The molecule has 0 heterocycles. The third-order valence-corrected chi connectivity index (χ3v) is 3.98. The first-order chi connectivity index (χ1) is 13.7. The SMILES string of the molecule is CC(C=NNC(=O)COc1ccc(-c2ccccc2)cc1)=Cc1ccccc1. The molecule has 0 spiro atoms. The minimum Gasteiger partial charge on any atom is -0.484 e. The topological polar surface area (TPSA) is 50.7 Å². The van der Waals surface area contributed by atoms with E-state index in [0.717, 1.165) is 22.3 Å². The fourth-order valence-electron chi connectivity index (χ4n) is 2.61. The van der Waals surface area contributed by atoms with Crippen LogP contribution in [0.15, 0.2) is 95.6 Å². The van der Waals surface area contributed by atoms with E-state index in [9.17, 15) is 4.79 Å². The molecule has 0 unspecified atom stereocenters. The number of hydrazone groups is 1. The maximum atomic E-state index is 11.9. The number of allylic oxidation sites excluding steroid dienone is 1. The molecule has 3 aromatic carbocycles. The maximum absolute atomic E-state index is 11.9. The predicted octanol–water partition coefficient (Wildman–Crippen LogP) is 4.94. The van der Waals surface area contributed by atoms with Crippen molar-refractivity contribution in [1.29, 1.82) is 0 Å². The second-order valence-corrected chi connectivity index (χ2v) is 6.27. The third kappa shape index (κ3) is 5.95. The lowest BCUT2D eigenvalue weighted by molar-refractivity contribution is -0.123. The average Bonchev–Trinajstić information content (AvgIpc) is 2.74. The van der Waals surface area contributed by atoms with Gasteiger partial charge in [-0.2, -0.15) is 5.10 Å². The molecule has 0 aliphatic carbocycles. The van der Waals surface area contributed by atoms with Gasteiger partial charge in [-0.05, 0) is 41.3 Å². The zero-order valence-corrected chi connectivity index (χ0v) is 15.7. The zero-order chi connectivity index (χ0) is 19.6. The molecule has 140 valence electrons. The fourth-order valence-corrected chi connectivity index (χ4v) is 2.61. The van der Waals surface area contributed by atoms with Crippen molar-refractivity contribution in [3.63, 3.8) is 0 Å². The van der Waals surface area contributed by atoms with Crippen LogP contribution in [-0.4, -0.2) is 18.7 Å². The summed E-state index contributed by atoms with van der Waals surface area (Å²) in [5.41, 5.74) is 6.73. The molecule has 0 aliphatic heterocycles. The van der Waals surface area contributed by atoms with Crippen LogP contribution >= 0.6 is 0 Å². The van der Waals surface area contributed by atoms with Crippen LogP contribution in [-0.2, 0) is 4.79 Å². The Labute approximate surface area is 165 Å². The van der Waals surface area contributed by atoms with Crippen molar-refractivity contribution < 1.29 is 9.53 Å². The predicted molar refractivity (Wildman–Crippen MR) is 114 cm³/mol. The highest BCUT2D eigenvalue weighted by Gasteiger charge is 2.02. The normalized spacial score (nSPS) is 11.4. The van der Waals surface area contributed by atoms with E-state index in [1.807, 2.05) is 85.8 Å². The van der Waals surface area contributed by atoms with Crippen molar-refractivity contribution in [2.45, 2.75) is 6.92 Å². The first kappa shape index (κ1) is 19.1. The summed E-state index contributed by atoms with van der Waals surface area (Å²) in [5.74, 6) is 0.329. The summed E-state index contributed by atoms with van der Waals surface area (Å²) >= 11 is 0. The summed E-state index contributed by atoms with van der Waals surface area (Å²) in [5, 5.41) is 3.96. The van der Waals surface area contributed by atoms with Crippen LogP contribution in [0.5, 0.6) is 5.75 Å². The number of benzene rings is 3. The van der Waals surface area contributed by atoms with Crippen LogP contribution in [0.1, 0.15) is 12.5 Å². The van der Waals surface area contributed by atoms with E-state index in [4.69, 9.17) is 4.74 Å². The van der Waals surface area contributed by atoms with Gasteiger partial charge < -0.3 is 4.74 Å². The molecule has 1 amide bonds. The van der Waals surface area contributed by atoms with Crippen LogP contribution in [0.3, 0.4) is 0 Å². The van der Waals surface area contributed by atoms with Gasteiger partial charge in [0.1, 0.15) is 5.75 Å². The molecule has 4 heteroatoms. The minimum atomic E-state index is -0.309. The number of hydrogen-bond donors (Lipinski definition) is 1. The highest BCUT2D eigenvalue weighted by atomic mass is 16.5. The molecular formula is C24H22N2O2. The molecule has 3 rings (SSSR count). The highest BCUT2D eigenvalue weighted by Crippen LogP contribution is 2.21. The van der Waals surface area contributed by atoms with E-state index in [2.05, 4.69) is 22.7 Å². The molecular weight excluding hydrogens is 348 g/mol. The molecule has 0 saturated carbocycles. The summed E-state index contributed by atoms with van der Waals surface area (Å²) in [6.45, 7) is 1.83. The number of rotatable bonds is 7. The van der Waals surface area contributed by atoms with Gasteiger partial charge in [-0.25, -0.2) is 5.43 Å². The summed E-state index contributed by atoms with van der Waals surface area (Å²) in [7, 11) is 0. The number of carbonyl (C=O) groups excluding carboxylic acids is 1. The number of ether oxygens (including phenoxy) is 1. The number of nitrogens with zero attached hydrogens (tertiary/aromatic N) is 1. The van der Waals surface area contributed by atoms with Crippen LogP contribution in [0.2, 0.25) is 0 Å². The second kappa shape index (κ2) is 9.88. The Morgan fingerprint density at radius 1 is 0.893 bits per heavy atom. The molecule has 0 aliphatic rings. The van der Waals surface area contributed by atoms with Gasteiger partial charge in [-0.1, -0.05) is 78.9 Å². The van der Waals surface area contributed by atoms with Crippen molar-refractivity contribution in [2.75, 3.05) is 6.61 Å². The Balaban J connectivity index is 1.46. The average molecular weight is 370 g/mol. The van der Waals surface area contributed by atoms with Crippen molar-refractivity contribution in [3.8, 4) is 16.9 Å². The van der Waals surface area contributed by atoms with Crippen LogP contribution in [0, 0.1) is 0 Å². The smallest absolute Gasteiger partial charge is 0.277 e. The summed E-state index contributed by atoms with van der Waals surface area (Å²) < 4.78 is 5.51. The van der Waals surface area contributed by atoms with Gasteiger partial charge in [-0.15, -0.1) is 0 Å². The van der Waals surface area contributed by atoms with E-state index in [1.54, 1.807) is 6.21 Å². The first-order valence-corrected chi connectivity index (χ1v) is 9.04. The zero-order valence-electron chi connectivity index (χ0n) is 15.7. The van der Waals surface area contributed by atoms with Crippen molar-refractivity contribution in [2.24, 2.45) is 5.10 Å². The number of carbonyl (C=O) groups is 1. The van der Waals surface area contributed by atoms with Gasteiger partial charge in [0.05, 0.1) is 6.21 Å². The monoisotopic (exact) mass is 370 g/mol. The lowest BCUT2D eigenvalue weighted by atomic mass is 10.1. The van der Waals surface area contributed by atoms with Gasteiger partial charge in [0.2, 0.25) is 0 Å². The Morgan fingerprint density at radius 2 is 1.50 bits per heavy atom. The third-order valence-electron chi connectivity index (χ3n) is 3.98. The number of amides is 1. The van der Waals surface area contributed by atoms with E-state index in [0.29, 0.717) is 5.75 Å². The molecule has 1 N–H and O–H groups in total. The Bertz CT molecular complexity index is 947. The maximum Gasteiger partial charge on any atom is 0.277 e. The van der Waals surface area contributed by atoms with E-state index < -0.39 is 0 Å². The molecule has 0 radical (unpaired) electrons. The molecule has 28 heavy (non-hydrogen) atoms. The molecule has 4 nitrogen and oxygen atoms in total. The quantitative estimate of drug-likeness (QED) is 0.473. The van der Waals surface area contributed by atoms with Gasteiger partial charge >= 0.3 is 0 Å². The lowest BCUT2D eigenvalue weighted by Crippen LogP contribution is -2.24. The van der Waals surface area contributed by atoms with Gasteiger partial charge in [0.15, 0.2) is 6.61 Å².